The molecule has 17 heavy (non-hydrogen) atoms. The van der Waals surface area contributed by atoms with Gasteiger partial charge in [-0.1, -0.05) is 28.1 Å². The maximum atomic E-state index is 3.54. The maximum Gasteiger partial charge on any atom is 0.0216 e. The van der Waals surface area contributed by atoms with Crippen LogP contribution in [-0.2, 0) is 13.0 Å². The van der Waals surface area contributed by atoms with Gasteiger partial charge in [0.2, 0.25) is 0 Å². The van der Waals surface area contributed by atoms with E-state index in [1.165, 1.54) is 11.1 Å². The first kappa shape index (κ1) is 12.8. The Kier molecular flexibility index (Phi) is 4.77. The van der Waals surface area contributed by atoms with Crippen molar-refractivity contribution in [3.05, 3.63) is 56.7 Å². The van der Waals surface area contributed by atoms with Crippen molar-refractivity contribution >= 4 is 27.3 Å². The van der Waals surface area contributed by atoms with Crippen LogP contribution in [0.3, 0.4) is 0 Å². The molecule has 0 amide bonds. The Hall–Kier alpha value is -0.640. The zero-order valence-corrected chi connectivity index (χ0v) is 12.2. The molecular formula is C14H16BrNS. The highest BCUT2D eigenvalue weighted by Gasteiger charge is 2.03. The van der Waals surface area contributed by atoms with Crippen LogP contribution in [-0.4, -0.2) is 6.04 Å². The normalized spacial score (nSPS) is 12.6. The Bertz CT molecular complexity index is 436. The largest absolute Gasteiger partial charge is 0.310 e. The van der Waals surface area contributed by atoms with Gasteiger partial charge in [0, 0.05) is 17.1 Å². The van der Waals surface area contributed by atoms with Crippen molar-refractivity contribution in [2.24, 2.45) is 0 Å². The van der Waals surface area contributed by atoms with Gasteiger partial charge < -0.3 is 5.32 Å². The summed E-state index contributed by atoms with van der Waals surface area (Å²) in [7, 11) is 0. The Balaban J connectivity index is 1.80. The first-order chi connectivity index (χ1) is 8.24. The first-order valence-electron chi connectivity index (χ1n) is 5.73. The summed E-state index contributed by atoms with van der Waals surface area (Å²) in [5.74, 6) is 0. The van der Waals surface area contributed by atoms with Crippen LogP contribution >= 0.6 is 27.3 Å². The van der Waals surface area contributed by atoms with Gasteiger partial charge in [-0.3, -0.25) is 0 Å². The monoisotopic (exact) mass is 309 g/mol. The van der Waals surface area contributed by atoms with Crippen molar-refractivity contribution in [3.63, 3.8) is 0 Å². The quantitative estimate of drug-likeness (QED) is 0.871. The SMILES string of the molecule is CC(Cc1ccc(Br)cc1)NCc1ccsc1. The van der Waals surface area contributed by atoms with Crippen LogP contribution in [0.1, 0.15) is 18.1 Å². The summed E-state index contributed by atoms with van der Waals surface area (Å²) in [6.45, 7) is 3.19. The van der Waals surface area contributed by atoms with E-state index in [0.29, 0.717) is 6.04 Å². The van der Waals surface area contributed by atoms with E-state index in [1.807, 2.05) is 0 Å². The summed E-state index contributed by atoms with van der Waals surface area (Å²) in [6, 6.07) is 11.2. The zero-order valence-electron chi connectivity index (χ0n) is 9.82. The van der Waals surface area contributed by atoms with Crippen LogP contribution in [0.15, 0.2) is 45.6 Å². The molecule has 0 aliphatic rings. The molecule has 0 bridgehead atoms. The topological polar surface area (TPSA) is 12.0 Å². The summed E-state index contributed by atoms with van der Waals surface area (Å²) >= 11 is 5.21. The molecule has 1 aromatic carbocycles. The minimum atomic E-state index is 0.496. The fraction of sp³-hybridized carbons (Fsp3) is 0.286. The molecule has 0 fully saturated rings. The van der Waals surface area contributed by atoms with E-state index >= 15 is 0 Å². The van der Waals surface area contributed by atoms with Gasteiger partial charge in [-0.15, -0.1) is 0 Å². The molecule has 1 unspecified atom stereocenters. The summed E-state index contributed by atoms with van der Waals surface area (Å²) in [4.78, 5) is 0. The number of hydrogen-bond acceptors (Lipinski definition) is 2. The number of rotatable bonds is 5. The lowest BCUT2D eigenvalue weighted by Gasteiger charge is -2.13. The van der Waals surface area contributed by atoms with Crippen LogP contribution in [0, 0.1) is 0 Å². The molecule has 0 radical (unpaired) electrons. The van der Waals surface area contributed by atoms with Crippen LogP contribution in [0.25, 0.3) is 0 Å². The third-order valence-corrected chi connectivity index (χ3v) is 3.95. The molecule has 3 heteroatoms. The lowest BCUT2D eigenvalue weighted by atomic mass is 10.1. The number of hydrogen-bond donors (Lipinski definition) is 1. The molecule has 1 N–H and O–H groups in total. The van der Waals surface area contributed by atoms with E-state index in [2.05, 4.69) is 69.3 Å². The number of halogens is 1. The highest BCUT2D eigenvalue weighted by molar-refractivity contribution is 9.10. The van der Waals surface area contributed by atoms with E-state index in [9.17, 15) is 0 Å². The lowest BCUT2D eigenvalue weighted by molar-refractivity contribution is 0.546. The molecule has 2 rings (SSSR count). The van der Waals surface area contributed by atoms with E-state index in [-0.39, 0.29) is 0 Å². The Labute approximate surface area is 115 Å². The third-order valence-electron chi connectivity index (χ3n) is 2.69. The summed E-state index contributed by atoms with van der Waals surface area (Å²) in [5.41, 5.74) is 2.75. The van der Waals surface area contributed by atoms with Gasteiger partial charge in [0.15, 0.2) is 0 Å². The molecular weight excluding hydrogens is 294 g/mol. The summed E-state index contributed by atoms with van der Waals surface area (Å²) in [6.07, 6.45) is 1.07. The van der Waals surface area contributed by atoms with E-state index in [0.717, 1.165) is 17.4 Å². The van der Waals surface area contributed by atoms with Crippen molar-refractivity contribution in [1.29, 1.82) is 0 Å². The fourth-order valence-electron chi connectivity index (χ4n) is 1.73. The average Bonchev–Trinajstić information content (AvgIpc) is 2.83. The van der Waals surface area contributed by atoms with Crippen LogP contribution in [0.4, 0.5) is 0 Å². The smallest absolute Gasteiger partial charge is 0.0216 e. The molecule has 1 atom stereocenters. The molecule has 1 aromatic heterocycles. The minimum Gasteiger partial charge on any atom is -0.310 e. The van der Waals surface area contributed by atoms with Gasteiger partial charge in [-0.25, -0.2) is 0 Å². The van der Waals surface area contributed by atoms with E-state index in [4.69, 9.17) is 0 Å². The second-order valence-corrected chi connectivity index (χ2v) is 5.94. The fourth-order valence-corrected chi connectivity index (χ4v) is 2.66. The molecule has 0 saturated carbocycles. The highest BCUT2D eigenvalue weighted by Crippen LogP contribution is 2.12. The molecule has 0 saturated heterocycles. The van der Waals surface area contributed by atoms with Crippen molar-refractivity contribution in [2.75, 3.05) is 0 Å². The molecule has 1 heterocycles. The van der Waals surface area contributed by atoms with Gasteiger partial charge in [-0.05, 0) is 53.4 Å². The summed E-state index contributed by atoms with van der Waals surface area (Å²) < 4.78 is 1.14. The van der Waals surface area contributed by atoms with E-state index in [1.54, 1.807) is 11.3 Å². The number of nitrogens with one attached hydrogen (secondary N) is 1. The molecule has 90 valence electrons. The van der Waals surface area contributed by atoms with Crippen LogP contribution in [0.2, 0.25) is 0 Å². The van der Waals surface area contributed by atoms with Crippen molar-refractivity contribution in [1.82, 2.24) is 5.32 Å². The van der Waals surface area contributed by atoms with Crippen molar-refractivity contribution in [3.8, 4) is 0 Å². The molecule has 0 aliphatic heterocycles. The number of benzene rings is 1. The maximum absolute atomic E-state index is 3.54. The minimum absolute atomic E-state index is 0.496. The second-order valence-electron chi connectivity index (χ2n) is 4.24. The van der Waals surface area contributed by atoms with Crippen LogP contribution in [0.5, 0.6) is 0 Å². The highest BCUT2D eigenvalue weighted by atomic mass is 79.9. The predicted octanol–water partition coefficient (Wildman–Crippen LogP) is 4.23. The predicted molar refractivity (Wildman–Crippen MR) is 78.5 cm³/mol. The van der Waals surface area contributed by atoms with Gasteiger partial charge >= 0.3 is 0 Å². The van der Waals surface area contributed by atoms with Crippen LogP contribution < -0.4 is 5.32 Å². The Morgan fingerprint density at radius 3 is 2.59 bits per heavy atom. The van der Waals surface area contributed by atoms with Gasteiger partial charge in [0.1, 0.15) is 0 Å². The molecule has 0 spiro atoms. The Morgan fingerprint density at radius 2 is 1.94 bits per heavy atom. The summed E-state index contributed by atoms with van der Waals surface area (Å²) in [5, 5.41) is 7.86. The van der Waals surface area contributed by atoms with Gasteiger partial charge in [0.25, 0.3) is 0 Å². The molecule has 0 aliphatic carbocycles. The van der Waals surface area contributed by atoms with Gasteiger partial charge in [0.05, 0.1) is 0 Å². The first-order valence-corrected chi connectivity index (χ1v) is 7.46. The van der Waals surface area contributed by atoms with Crippen molar-refractivity contribution < 1.29 is 0 Å². The second kappa shape index (κ2) is 6.34. The lowest BCUT2D eigenvalue weighted by Crippen LogP contribution is -2.27. The average molecular weight is 310 g/mol. The zero-order chi connectivity index (χ0) is 12.1. The molecule has 2 aromatic rings. The Morgan fingerprint density at radius 1 is 1.18 bits per heavy atom. The van der Waals surface area contributed by atoms with Crippen molar-refractivity contribution in [2.45, 2.75) is 25.9 Å². The molecule has 1 nitrogen and oxygen atoms in total. The van der Waals surface area contributed by atoms with E-state index < -0.39 is 0 Å². The van der Waals surface area contributed by atoms with Gasteiger partial charge in [-0.2, -0.15) is 11.3 Å². The third kappa shape index (κ3) is 4.26. The number of thiophene rings is 1. The standard InChI is InChI=1S/C14H16BrNS/c1-11(16-9-13-6-7-17-10-13)8-12-2-4-14(15)5-3-12/h2-7,10-11,16H,8-9H2,1H3.